The van der Waals surface area contributed by atoms with Crippen LogP contribution in [0.25, 0.3) is 0 Å². The second kappa shape index (κ2) is 5.21. The first-order chi connectivity index (χ1) is 7.17. The lowest BCUT2D eigenvalue weighted by molar-refractivity contribution is 0.0919. The van der Waals surface area contributed by atoms with Crippen molar-refractivity contribution in [2.24, 2.45) is 5.84 Å². The van der Waals surface area contributed by atoms with E-state index in [4.69, 9.17) is 15.0 Å². The van der Waals surface area contributed by atoms with E-state index >= 15 is 0 Å². The Bertz CT molecular complexity index is 368. The fourth-order valence-corrected chi connectivity index (χ4v) is 0.917. The maximum atomic E-state index is 11.0. The van der Waals surface area contributed by atoms with E-state index in [1.807, 2.05) is 25.3 Å². The SMILES string of the molecule is C/C=C(\C)OCc1ccc(C(=O)NN)o1. The summed E-state index contributed by atoms with van der Waals surface area (Å²) in [5, 5.41) is 0. The number of furan rings is 1. The fourth-order valence-electron chi connectivity index (χ4n) is 0.917. The van der Waals surface area contributed by atoms with Crippen molar-refractivity contribution in [1.29, 1.82) is 0 Å². The molecular weight excluding hydrogens is 196 g/mol. The highest BCUT2D eigenvalue weighted by atomic mass is 16.5. The van der Waals surface area contributed by atoms with E-state index in [2.05, 4.69) is 0 Å². The lowest BCUT2D eigenvalue weighted by Crippen LogP contribution is -2.29. The molecule has 5 heteroatoms. The van der Waals surface area contributed by atoms with E-state index in [1.165, 1.54) is 0 Å². The minimum absolute atomic E-state index is 0.175. The highest BCUT2D eigenvalue weighted by Gasteiger charge is 2.09. The lowest BCUT2D eigenvalue weighted by atomic mass is 10.4. The van der Waals surface area contributed by atoms with Crippen LogP contribution in [0.4, 0.5) is 0 Å². The van der Waals surface area contributed by atoms with E-state index < -0.39 is 5.91 Å². The van der Waals surface area contributed by atoms with E-state index in [1.54, 1.807) is 12.1 Å². The topological polar surface area (TPSA) is 77.5 Å². The number of hydrazine groups is 1. The van der Waals surface area contributed by atoms with Crippen LogP contribution in [0.5, 0.6) is 0 Å². The lowest BCUT2D eigenvalue weighted by Gasteiger charge is -2.02. The molecule has 0 aromatic carbocycles. The van der Waals surface area contributed by atoms with Gasteiger partial charge in [-0.3, -0.25) is 10.2 Å². The molecule has 5 nitrogen and oxygen atoms in total. The average Bonchev–Trinajstić information content (AvgIpc) is 2.73. The van der Waals surface area contributed by atoms with Crippen LogP contribution in [0, 0.1) is 0 Å². The third-order valence-corrected chi connectivity index (χ3v) is 1.87. The van der Waals surface area contributed by atoms with Crippen LogP contribution in [0.1, 0.15) is 30.2 Å². The first-order valence-electron chi connectivity index (χ1n) is 4.52. The minimum atomic E-state index is -0.455. The van der Waals surface area contributed by atoms with Gasteiger partial charge in [-0.15, -0.1) is 0 Å². The van der Waals surface area contributed by atoms with Crippen molar-refractivity contribution in [3.63, 3.8) is 0 Å². The molecule has 0 aliphatic heterocycles. The number of carbonyl (C=O) groups excluding carboxylic acids is 1. The van der Waals surface area contributed by atoms with Gasteiger partial charge in [0.1, 0.15) is 12.4 Å². The van der Waals surface area contributed by atoms with Crippen LogP contribution in [0.2, 0.25) is 0 Å². The standard InChI is InChI=1S/C10H14N2O3/c1-3-7(2)14-6-8-4-5-9(15-8)10(13)12-11/h3-5H,6,11H2,1-2H3,(H,12,13)/b7-3+. The molecule has 15 heavy (non-hydrogen) atoms. The summed E-state index contributed by atoms with van der Waals surface area (Å²) in [4.78, 5) is 11.0. The first kappa shape index (κ1) is 11.3. The Morgan fingerprint density at radius 2 is 2.40 bits per heavy atom. The summed E-state index contributed by atoms with van der Waals surface area (Å²) in [5.41, 5.74) is 1.99. The summed E-state index contributed by atoms with van der Waals surface area (Å²) >= 11 is 0. The maximum absolute atomic E-state index is 11.0. The normalized spacial score (nSPS) is 11.3. The highest BCUT2D eigenvalue weighted by molar-refractivity contribution is 5.90. The molecule has 1 amide bonds. The largest absolute Gasteiger partial charge is 0.491 e. The molecule has 82 valence electrons. The number of hydrogen-bond acceptors (Lipinski definition) is 4. The number of hydrogen-bond donors (Lipinski definition) is 2. The highest BCUT2D eigenvalue weighted by Crippen LogP contribution is 2.10. The van der Waals surface area contributed by atoms with E-state index in [9.17, 15) is 4.79 Å². The molecule has 0 spiro atoms. The van der Waals surface area contributed by atoms with Gasteiger partial charge in [0.15, 0.2) is 5.76 Å². The van der Waals surface area contributed by atoms with Crippen LogP contribution >= 0.6 is 0 Å². The molecule has 0 bridgehead atoms. The van der Waals surface area contributed by atoms with Crippen LogP contribution in [-0.2, 0) is 11.3 Å². The Morgan fingerprint density at radius 3 is 3.00 bits per heavy atom. The summed E-state index contributed by atoms with van der Waals surface area (Å²) in [6, 6.07) is 3.22. The maximum Gasteiger partial charge on any atom is 0.300 e. The molecule has 0 saturated carbocycles. The second-order valence-corrected chi connectivity index (χ2v) is 2.93. The zero-order chi connectivity index (χ0) is 11.3. The molecule has 0 aliphatic rings. The molecular formula is C10H14N2O3. The van der Waals surface area contributed by atoms with Crippen molar-refractivity contribution in [3.05, 3.63) is 35.5 Å². The Labute approximate surface area is 87.9 Å². The van der Waals surface area contributed by atoms with Gasteiger partial charge in [0.2, 0.25) is 0 Å². The van der Waals surface area contributed by atoms with Crippen LogP contribution in [-0.4, -0.2) is 5.91 Å². The van der Waals surface area contributed by atoms with Crippen molar-refractivity contribution < 1.29 is 13.9 Å². The van der Waals surface area contributed by atoms with Gasteiger partial charge in [-0.25, -0.2) is 5.84 Å². The Hall–Kier alpha value is -1.75. The number of ether oxygens (including phenoxy) is 1. The fraction of sp³-hybridized carbons (Fsp3) is 0.300. The molecule has 1 rings (SSSR count). The third kappa shape index (κ3) is 3.14. The predicted octanol–water partition coefficient (Wildman–Crippen LogP) is 1.32. The van der Waals surface area contributed by atoms with Crippen LogP contribution in [0.15, 0.2) is 28.4 Å². The van der Waals surface area contributed by atoms with Gasteiger partial charge >= 0.3 is 5.91 Å². The number of nitrogen functional groups attached to an aromatic ring is 1. The summed E-state index contributed by atoms with van der Waals surface area (Å²) in [6.45, 7) is 4.02. The number of carbonyl (C=O) groups is 1. The number of nitrogens with one attached hydrogen (secondary N) is 1. The van der Waals surface area contributed by atoms with Gasteiger partial charge in [-0.1, -0.05) is 0 Å². The van der Waals surface area contributed by atoms with Crippen molar-refractivity contribution in [3.8, 4) is 0 Å². The van der Waals surface area contributed by atoms with Crippen LogP contribution < -0.4 is 11.3 Å². The molecule has 0 radical (unpaired) electrons. The van der Waals surface area contributed by atoms with Crippen molar-refractivity contribution in [2.75, 3.05) is 0 Å². The molecule has 0 saturated heterocycles. The smallest absolute Gasteiger partial charge is 0.300 e. The third-order valence-electron chi connectivity index (χ3n) is 1.87. The van der Waals surface area contributed by atoms with Crippen molar-refractivity contribution in [2.45, 2.75) is 20.5 Å². The van der Waals surface area contributed by atoms with Crippen molar-refractivity contribution in [1.82, 2.24) is 5.43 Å². The van der Waals surface area contributed by atoms with Crippen molar-refractivity contribution >= 4 is 5.91 Å². The Balaban J connectivity index is 2.57. The molecule has 3 N–H and O–H groups in total. The molecule has 0 fully saturated rings. The zero-order valence-corrected chi connectivity index (χ0v) is 8.74. The van der Waals surface area contributed by atoms with Gasteiger partial charge < -0.3 is 9.15 Å². The summed E-state index contributed by atoms with van der Waals surface area (Å²) in [7, 11) is 0. The van der Waals surface area contributed by atoms with Gasteiger partial charge in [0.05, 0.1) is 5.76 Å². The quantitative estimate of drug-likeness (QED) is 0.340. The predicted molar refractivity (Wildman–Crippen MR) is 54.6 cm³/mol. The van der Waals surface area contributed by atoms with Gasteiger partial charge in [-0.05, 0) is 32.1 Å². The molecule has 0 atom stereocenters. The summed E-state index contributed by atoms with van der Waals surface area (Å²) in [6.07, 6.45) is 1.84. The van der Waals surface area contributed by atoms with Crippen LogP contribution in [0.3, 0.4) is 0 Å². The first-order valence-corrected chi connectivity index (χ1v) is 4.52. The van der Waals surface area contributed by atoms with Gasteiger partial charge in [0.25, 0.3) is 0 Å². The molecule has 0 unspecified atom stereocenters. The average molecular weight is 210 g/mol. The Morgan fingerprint density at radius 1 is 1.67 bits per heavy atom. The van der Waals surface area contributed by atoms with E-state index in [0.29, 0.717) is 12.4 Å². The summed E-state index contributed by atoms with van der Waals surface area (Å²) < 4.78 is 10.5. The Kier molecular flexibility index (Phi) is 3.93. The molecule has 1 aromatic heterocycles. The minimum Gasteiger partial charge on any atom is -0.491 e. The van der Waals surface area contributed by atoms with E-state index in [-0.39, 0.29) is 5.76 Å². The number of nitrogens with two attached hydrogens (primary N) is 1. The molecule has 1 heterocycles. The number of amides is 1. The molecule has 0 aliphatic carbocycles. The van der Waals surface area contributed by atoms with Gasteiger partial charge in [-0.2, -0.15) is 0 Å². The second-order valence-electron chi connectivity index (χ2n) is 2.93. The zero-order valence-electron chi connectivity index (χ0n) is 8.74. The number of allylic oxidation sites excluding steroid dienone is 2. The molecule has 1 aromatic rings. The monoisotopic (exact) mass is 210 g/mol. The number of rotatable bonds is 4. The van der Waals surface area contributed by atoms with E-state index in [0.717, 1.165) is 5.76 Å². The summed E-state index contributed by atoms with van der Waals surface area (Å²) in [5.74, 6) is 6.06. The van der Waals surface area contributed by atoms with Gasteiger partial charge in [0, 0.05) is 0 Å².